The van der Waals surface area contributed by atoms with Gasteiger partial charge in [-0.1, -0.05) is 106 Å². The van der Waals surface area contributed by atoms with Crippen molar-refractivity contribution in [1.29, 1.82) is 0 Å². The van der Waals surface area contributed by atoms with E-state index >= 15 is 0 Å². The number of hydrogen-bond acceptors (Lipinski definition) is 5. The second kappa shape index (κ2) is 13.6. The number of allylic oxidation sites excluding steroid dienone is 2. The summed E-state index contributed by atoms with van der Waals surface area (Å²) in [6.07, 6.45) is 14.2. The zero-order valence-electron chi connectivity index (χ0n) is 24.1. The lowest BCUT2D eigenvalue weighted by molar-refractivity contribution is -0.105. The molecule has 1 aliphatic rings. The van der Waals surface area contributed by atoms with Gasteiger partial charge < -0.3 is 0 Å². The maximum absolute atomic E-state index is 12.5. The molecule has 1 atom stereocenters. The van der Waals surface area contributed by atoms with Crippen LogP contribution in [0, 0.1) is 5.92 Å². The van der Waals surface area contributed by atoms with Crippen LogP contribution in [0.1, 0.15) is 88.8 Å². The molecule has 41 heavy (non-hydrogen) atoms. The molecule has 1 aliphatic carbocycles. The normalized spacial score (nSPS) is 15.5. The Labute approximate surface area is 241 Å². The highest BCUT2D eigenvalue weighted by molar-refractivity contribution is 5.84. The molecule has 0 spiro atoms. The van der Waals surface area contributed by atoms with E-state index in [9.17, 15) is 9.59 Å². The van der Waals surface area contributed by atoms with Crippen molar-refractivity contribution in [2.45, 2.75) is 84.0 Å². The fraction of sp³-hybridized carbons (Fsp3) is 0.412. The van der Waals surface area contributed by atoms with Gasteiger partial charge in [0.1, 0.15) is 6.29 Å². The number of nitrogens with zero attached hydrogens (tertiary/aromatic N) is 3. The summed E-state index contributed by atoms with van der Waals surface area (Å²) in [6, 6.07) is 18.1. The minimum atomic E-state index is -0.583. The monoisotopic (exact) mass is 552 g/mol. The quantitative estimate of drug-likeness (QED) is 0.143. The third kappa shape index (κ3) is 6.67. The highest BCUT2D eigenvalue weighted by atomic mass is 16.5. The maximum atomic E-state index is 12.5. The van der Waals surface area contributed by atoms with Gasteiger partial charge in [0.25, 0.3) is 0 Å². The van der Waals surface area contributed by atoms with Gasteiger partial charge in [-0.05, 0) is 47.9 Å². The van der Waals surface area contributed by atoms with Gasteiger partial charge >= 0.3 is 5.76 Å². The lowest BCUT2D eigenvalue weighted by atomic mass is 9.81. The molecule has 5 rings (SSSR count). The molecule has 7 heteroatoms. The molecule has 0 saturated heterocycles. The van der Waals surface area contributed by atoms with E-state index in [1.54, 1.807) is 0 Å². The number of carbonyl (C=O) groups is 1. The maximum Gasteiger partial charge on any atom is 0.439 e. The van der Waals surface area contributed by atoms with E-state index in [0.717, 1.165) is 65.0 Å². The molecule has 0 aliphatic heterocycles. The van der Waals surface area contributed by atoms with Crippen LogP contribution < -0.4 is 5.76 Å². The van der Waals surface area contributed by atoms with Crippen LogP contribution in [0.2, 0.25) is 0 Å². The van der Waals surface area contributed by atoms with Crippen LogP contribution in [-0.2, 0) is 11.2 Å². The van der Waals surface area contributed by atoms with Crippen molar-refractivity contribution >= 4 is 12.0 Å². The standard InChI is InChI=1S/C34H40N4O3/c1-3-10-31(38-32(19-20-35-38)26(4-2)21-24-11-6-5-7-12-24)28(23-39)22-25-15-17-27(18-16-25)29-13-8-9-14-30(29)33-36-34(40)41-37-33/h8-9,13-20,23-24,26H,3-7,10-12,21-22H2,1-2H3,(H,36,37,40)/b31-28-. The van der Waals surface area contributed by atoms with Crippen molar-refractivity contribution in [3.05, 3.63) is 88.2 Å². The van der Waals surface area contributed by atoms with E-state index in [0.29, 0.717) is 18.2 Å². The van der Waals surface area contributed by atoms with E-state index in [-0.39, 0.29) is 0 Å². The summed E-state index contributed by atoms with van der Waals surface area (Å²) in [5.74, 6) is 1.04. The molecular formula is C34H40N4O3. The number of hydrogen-bond donors (Lipinski definition) is 1. The van der Waals surface area contributed by atoms with Crippen molar-refractivity contribution in [3.8, 4) is 22.5 Å². The van der Waals surface area contributed by atoms with E-state index in [2.05, 4.69) is 46.9 Å². The Kier molecular flexibility index (Phi) is 9.44. The third-order valence-electron chi connectivity index (χ3n) is 8.46. The molecule has 2 aromatic carbocycles. The molecule has 0 amide bonds. The zero-order chi connectivity index (χ0) is 28.6. The Morgan fingerprint density at radius 3 is 2.46 bits per heavy atom. The Morgan fingerprint density at radius 2 is 1.80 bits per heavy atom. The predicted molar refractivity (Wildman–Crippen MR) is 162 cm³/mol. The Bertz CT molecular complexity index is 1520. The molecule has 1 fully saturated rings. The summed E-state index contributed by atoms with van der Waals surface area (Å²) in [5, 5.41) is 8.63. The molecule has 1 unspecified atom stereocenters. The number of carbonyl (C=O) groups excluding carboxylic acids is 1. The number of aromatic amines is 1. The zero-order valence-corrected chi connectivity index (χ0v) is 24.1. The summed E-state index contributed by atoms with van der Waals surface area (Å²) in [6.45, 7) is 4.42. The van der Waals surface area contributed by atoms with Gasteiger partial charge in [0.2, 0.25) is 0 Å². The van der Waals surface area contributed by atoms with Crippen LogP contribution in [0.3, 0.4) is 0 Å². The number of H-pyrrole nitrogens is 1. The van der Waals surface area contributed by atoms with Crippen molar-refractivity contribution in [2.75, 3.05) is 0 Å². The van der Waals surface area contributed by atoms with E-state index in [4.69, 9.17) is 9.62 Å². The molecule has 1 N–H and O–H groups in total. The van der Waals surface area contributed by atoms with E-state index in [1.807, 2.05) is 42.6 Å². The molecule has 2 heterocycles. The Balaban J connectivity index is 1.41. The predicted octanol–water partition coefficient (Wildman–Crippen LogP) is 7.81. The van der Waals surface area contributed by atoms with Gasteiger partial charge in [-0.15, -0.1) is 0 Å². The molecule has 2 aromatic heterocycles. The fourth-order valence-electron chi connectivity index (χ4n) is 6.33. The van der Waals surface area contributed by atoms with Gasteiger partial charge in [0.05, 0.1) is 0 Å². The lowest BCUT2D eigenvalue weighted by Gasteiger charge is -2.27. The van der Waals surface area contributed by atoms with Crippen LogP contribution in [0.15, 0.2) is 75.7 Å². The first-order valence-electron chi connectivity index (χ1n) is 15.1. The molecule has 4 aromatic rings. The number of benzene rings is 2. The third-order valence-corrected chi connectivity index (χ3v) is 8.46. The van der Waals surface area contributed by atoms with Gasteiger partial charge in [-0.25, -0.2) is 9.48 Å². The number of rotatable bonds is 12. The number of aldehydes is 1. The van der Waals surface area contributed by atoms with Gasteiger partial charge in [0, 0.05) is 41.1 Å². The lowest BCUT2D eigenvalue weighted by Crippen LogP contribution is -2.16. The second-order valence-electron chi connectivity index (χ2n) is 11.2. The van der Waals surface area contributed by atoms with Crippen molar-refractivity contribution < 1.29 is 9.32 Å². The first-order chi connectivity index (χ1) is 20.1. The van der Waals surface area contributed by atoms with Gasteiger partial charge in [-0.3, -0.25) is 14.3 Å². The Hall–Kier alpha value is -4.00. The van der Waals surface area contributed by atoms with Crippen molar-refractivity contribution in [3.63, 3.8) is 0 Å². The molecule has 0 bridgehead atoms. The SMILES string of the molecule is CCC/C(=C(/C=O)Cc1ccc(-c2ccccc2-c2noc(=O)[nH]2)cc1)n1nccc1C(CC)CC1CCCCC1. The minimum Gasteiger partial charge on any atom is -0.298 e. The summed E-state index contributed by atoms with van der Waals surface area (Å²) < 4.78 is 6.80. The van der Waals surface area contributed by atoms with Crippen LogP contribution >= 0.6 is 0 Å². The first-order valence-corrected chi connectivity index (χ1v) is 15.1. The number of aromatic nitrogens is 4. The van der Waals surface area contributed by atoms with E-state index in [1.165, 1.54) is 44.2 Å². The van der Waals surface area contributed by atoms with Crippen molar-refractivity contribution in [2.24, 2.45) is 5.92 Å². The highest BCUT2D eigenvalue weighted by Crippen LogP contribution is 2.36. The van der Waals surface area contributed by atoms with Gasteiger partial charge in [0.15, 0.2) is 5.82 Å². The van der Waals surface area contributed by atoms with Crippen LogP contribution in [0.25, 0.3) is 28.2 Å². The largest absolute Gasteiger partial charge is 0.439 e. The molecular weight excluding hydrogens is 512 g/mol. The fourth-order valence-corrected chi connectivity index (χ4v) is 6.33. The molecule has 0 radical (unpaired) electrons. The topological polar surface area (TPSA) is 93.8 Å². The molecule has 214 valence electrons. The van der Waals surface area contributed by atoms with Gasteiger partial charge in [-0.2, -0.15) is 5.10 Å². The summed E-state index contributed by atoms with van der Waals surface area (Å²) in [5.41, 5.74) is 6.78. The summed E-state index contributed by atoms with van der Waals surface area (Å²) in [7, 11) is 0. The molecule has 1 saturated carbocycles. The first kappa shape index (κ1) is 28.5. The summed E-state index contributed by atoms with van der Waals surface area (Å²) in [4.78, 5) is 26.7. The minimum absolute atomic E-state index is 0.397. The average molecular weight is 553 g/mol. The summed E-state index contributed by atoms with van der Waals surface area (Å²) >= 11 is 0. The number of nitrogens with one attached hydrogen (secondary N) is 1. The Morgan fingerprint density at radius 1 is 1.05 bits per heavy atom. The average Bonchev–Trinajstić information content (AvgIpc) is 3.68. The molecule has 7 nitrogen and oxygen atoms in total. The van der Waals surface area contributed by atoms with Crippen LogP contribution in [0.4, 0.5) is 0 Å². The van der Waals surface area contributed by atoms with Crippen molar-refractivity contribution in [1.82, 2.24) is 19.9 Å². The van der Waals surface area contributed by atoms with Crippen LogP contribution in [0.5, 0.6) is 0 Å². The second-order valence-corrected chi connectivity index (χ2v) is 11.2. The van der Waals surface area contributed by atoms with Crippen LogP contribution in [-0.4, -0.2) is 26.2 Å². The highest BCUT2D eigenvalue weighted by Gasteiger charge is 2.23. The van der Waals surface area contributed by atoms with E-state index < -0.39 is 5.76 Å². The smallest absolute Gasteiger partial charge is 0.298 e.